The number of imide groups is 1. The van der Waals surface area contributed by atoms with Crippen LogP contribution in [0.25, 0.3) is 0 Å². The zero-order valence-corrected chi connectivity index (χ0v) is 17.5. The number of nitrogens with one attached hydrogen (secondary N) is 1. The highest BCUT2D eigenvalue weighted by molar-refractivity contribution is 6.05. The van der Waals surface area contributed by atoms with E-state index < -0.39 is 18.4 Å². The molecule has 1 aromatic rings. The second-order valence-electron chi connectivity index (χ2n) is 8.35. The summed E-state index contributed by atoms with van der Waals surface area (Å²) in [4.78, 5) is 39.7. The molecule has 1 unspecified atom stereocenters. The summed E-state index contributed by atoms with van der Waals surface area (Å²) in [5.74, 6) is -0.396. The van der Waals surface area contributed by atoms with Crippen molar-refractivity contribution in [3.63, 3.8) is 0 Å². The van der Waals surface area contributed by atoms with Crippen molar-refractivity contribution in [3.8, 4) is 5.75 Å². The smallest absolute Gasteiger partial charge is 0.255 e. The van der Waals surface area contributed by atoms with Gasteiger partial charge in [-0.25, -0.2) is 8.78 Å². The number of nitrogens with zero attached hydrogens (tertiary/aromatic N) is 2. The number of benzene rings is 1. The van der Waals surface area contributed by atoms with E-state index in [1.165, 1.54) is 4.90 Å². The topological polar surface area (TPSA) is 79.0 Å². The number of piperidine rings is 1. The number of likely N-dealkylation sites (N-methyl/N-ethyl adjacent to an activating group) is 1. The third-order valence-corrected chi connectivity index (χ3v) is 6.45. The molecule has 0 aromatic heterocycles. The second kappa shape index (κ2) is 8.90. The molecule has 2 aliphatic heterocycles. The minimum absolute atomic E-state index is 0.0612. The van der Waals surface area contributed by atoms with Crippen molar-refractivity contribution in [2.45, 2.75) is 70.2 Å². The molecule has 168 valence electrons. The van der Waals surface area contributed by atoms with E-state index in [0.717, 1.165) is 24.8 Å². The number of hydrogen-bond donors (Lipinski definition) is 1. The molecular formula is C22H27F2N3O4. The Hall–Kier alpha value is -2.55. The van der Waals surface area contributed by atoms with Crippen LogP contribution in [0.3, 0.4) is 0 Å². The average molecular weight is 435 g/mol. The first-order chi connectivity index (χ1) is 14.9. The van der Waals surface area contributed by atoms with Gasteiger partial charge in [0.25, 0.3) is 12.3 Å². The van der Waals surface area contributed by atoms with Crippen LogP contribution >= 0.6 is 0 Å². The van der Waals surface area contributed by atoms with Crippen LogP contribution in [0.15, 0.2) is 18.2 Å². The number of carbonyl (C=O) groups is 3. The predicted octanol–water partition coefficient (Wildman–Crippen LogP) is 2.33. The lowest BCUT2D eigenvalue weighted by Gasteiger charge is -2.32. The lowest BCUT2D eigenvalue weighted by Crippen LogP contribution is -2.52. The maximum absolute atomic E-state index is 12.9. The molecule has 0 bridgehead atoms. The summed E-state index contributed by atoms with van der Waals surface area (Å²) in [6.07, 6.45) is 0.489. The molecule has 1 aromatic carbocycles. The highest BCUT2D eigenvalue weighted by Gasteiger charge is 2.39. The number of rotatable bonds is 7. The summed E-state index contributed by atoms with van der Waals surface area (Å²) >= 11 is 0. The van der Waals surface area contributed by atoms with E-state index in [0.29, 0.717) is 24.3 Å². The van der Waals surface area contributed by atoms with Gasteiger partial charge in [-0.15, -0.1) is 0 Å². The van der Waals surface area contributed by atoms with Gasteiger partial charge in [-0.3, -0.25) is 24.6 Å². The summed E-state index contributed by atoms with van der Waals surface area (Å²) in [6.45, 7) is 2.43. The molecule has 1 aliphatic carbocycles. The van der Waals surface area contributed by atoms with Gasteiger partial charge in [0.1, 0.15) is 17.9 Å². The normalized spacial score (nSPS) is 26.0. The summed E-state index contributed by atoms with van der Waals surface area (Å²) in [6, 6.07) is 4.50. The van der Waals surface area contributed by atoms with Crippen LogP contribution < -0.4 is 10.1 Å². The van der Waals surface area contributed by atoms with Crippen molar-refractivity contribution in [2.24, 2.45) is 0 Å². The van der Waals surface area contributed by atoms with Gasteiger partial charge in [0.05, 0.1) is 6.54 Å². The fraction of sp³-hybridized carbons (Fsp3) is 0.591. The van der Waals surface area contributed by atoms with Crippen LogP contribution in [0.2, 0.25) is 0 Å². The summed E-state index contributed by atoms with van der Waals surface area (Å²) in [7, 11) is 0. The quantitative estimate of drug-likeness (QED) is 0.665. The zero-order valence-electron chi connectivity index (χ0n) is 17.5. The van der Waals surface area contributed by atoms with Crippen LogP contribution in [0.1, 0.15) is 54.9 Å². The first-order valence-electron chi connectivity index (χ1n) is 10.8. The number of halogens is 2. The summed E-state index contributed by atoms with van der Waals surface area (Å²) < 4.78 is 32.1. The van der Waals surface area contributed by atoms with Crippen LogP contribution in [-0.2, 0) is 16.1 Å². The number of carbonyl (C=O) groups excluding carboxylic acids is 3. The molecule has 2 fully saturated rings. The Morgan fingerprint density at radius 3 is 2.74 bits per heavy atom. The Morgan fingerprint density at radius 1 is 1.23 bits per heavy atom. The zero-order chi connectivity index (χ0) is 22.1. The van der Waals surface area contributed by atoms with Gasteiger partial charge in [-0.2, -0.15) is 0 Å². The van der Waals surface area contributed by atoms with E-state index >= 15 is 0 Å². The van der Waals surface area contributed by atoms with Gasteiger partial charge < -0.3 is 9.64 Å². The Labute approximate surface area is 179 Å². The molecule has 7 nitrogen and oxygen atoms in total. The van der Waals surface area contributed by atoms with E-state index in [9.17, 15) is 23.2 Å². The fourth-order valence-corrected chi connectivity index (χ4v) is 4.94. The van der Waals surface area contributed by atoms with Crippen LogP contribution in [-0.4, -0.2) is 65.2 Å². The van der Waals surface area contributed by atoms with Gasteiger partial charge in [0, 0.05) is 24.6 Å². The molecule has 1 saturated heterocycles. The van der Waals surface area contributed by atoms with E-state index in [4.69, 9.17) is 4.74 Å². The van der Waals surface area contributed by atoms with E-state index in [-0.39, 0.29) is 43.5 Å². The molecule has 2 heterocycles. The summed E-state index contributed by atoms with van der Waals surface area (Å²) in [5, 5.41) is 2.29. The van der Waals surface area contributed by atoms with Gasteiger partial charge in [-0.05, 0) is 56.0 Å². The first-order valence-corrected chi connectivity index (χ1v) is 10.8. The number of alkyl halides is 2. The molecule has 3 aliphatic rings. The van der Waals surface area contributed by atoms with E-state index in [1.54, 1.807) is 23.1 Å². The molecule has 0 spiro atoms. The molecule has 3 atom stereocenters. The van der Waals surface area contributed by atoms with Crippen molar-refractivity contribution in [3.05, 3.63) is 29.3 Å². The lowest BCUT2D eigenvalue weighted by molar-refractivity contribution is -0.136. The Morgan fingerprint density at radius 2 is 2.03 bits per heavy atom. The molecule has 9 heteroatoms. The van der Waals surface area contributed by atoms with Gasteiger partial charge >= 0.3 is 0 Å². The minimum atomic E-state index is -2.38. The highest BCUT2D eigenvalue weighted by atomic mass is 19.3. The molecule has 3 amide bonds. The lowest BCUT2D eigenvalue weighted by atomic mass is 10.0. The number of amides is 3. The van der Waals surface area contributed by atoms with Crippen molar-refractivity contribution in [2.75, 3.05) is 13.1 Å². The third kappa shape index (κ3) is 4.42. The maximum Gasteiger partial charge on any atom is 0.255 e. The van der Waals surface area contributed by atoms with Gasteiger partial charge in [0.2, 0.25) is 11.8 Å². The molecule has 1 saturated carbocycles. The minimum Gasteiger partial charge on any atom is -0.489 e. The van der Waals surface area contributed by atoms with Crippen molar-refractivity contribution >= 4 is 17.7 Å². The van der Waals surface area contributed by atoms with Crippen molar-refractivity contribution < 1.29 is 27.9 Å². The van der Waals surface area contributed by atoms with Crippen LogP contribution in [0, 0.1) is 0 Å². The van der Waals surface area contributed by atoms with E-state index in [2.05, 4.69) is 5.32 Å². The van der Waals surface area contributed by atoms with Gasteiger partial charge in [0.15, 0.2) is 0 Å². The molecular weight excluding hydrogens is 408 g/mol. The SMILES string of the molecule is CCN(CC(F)F)[C@@H]1CCC[C@@H]1Oc1ccc2c(c1)CN(C1CCC(=O)NC1=O)C2=O. The second-order valence-corrected chi connectivity index (χ2v) is 8.35. The molecule has 4 rings (SSSR count). The summed E-state index contributed by atoms with van der Waals surface area (Å²) in [5.41, 5.74) is 1.29. The largest absolute Gasteiger partial charge is 0.489 e. The van der Waals surface area contributed by atoms with Gasteiger partial charge in [-0.1, -0.05) is 6.92 Å². The van der Waals surface area contributed by atoms with Crippen LogP contribution in [0.4, 0.5) is 8.78 Å². The van der Waals surface area contributed by atoms with Crippen molar-refractivity contribution in [1.82, 2.24) is 15.1 Å². The molecule has 31 heavy (non-hydrogen) atoms. The molecule has 0 radical (unpaired) electrons. The average Bonchev–Trinajstić information content (AvgIpc) is 3.30. The standard InChI is InChI=1S/C22H27F2N3O4/c1-2-26(12-19(23)24)16-4-3-5-18(16)31-14-6-7-15-13(10-14)11-27(22(15)30)17-8-9-20(28)25-21(17)29/h6-7,10,16-19H,2-5,8-9,11-12H2,1H3,(H,25,28,29)/t16-,17?,18+/m1/s1. The van der Waals surface area contributed by atoms with Crippen LogP contribution in [0.5, 0.6) is 5.75 Å². The number of fused-ring (bicyclic) bond motifs is 1. The molecule has 1 N–H and O–H groups in total. The number of hydrogen-bond acceptors (Lipinski definition) is 5. The fourth-order valence-electron chi connectivity index (χ4n) is 4.94. The Bertz CT molecular complexity index is 878. The monoisotopic (exact) mass is 435 g/mol. The number of ether oxygens (including phenoxy) is 1. The Balaban J connectivity index is 1.46. The third-order valence-electron chi connectivity index (χ3n) is 6.45. The van der Waals surface area contributed by atoms with E-state index in [1.807, 2.05) is 6.92 Å². The Kier molecular flexibility index (Phi) is 6.22. The highest BCUT2D eigenvalue weighted by Crippen LogP contribution is 2.33. The van der Waals surface area contributed by atoms with Crippen molar-refractivity contribution in [1.29, 1.82) is 0 Å². The first kappa shape index (κ1) is 21.7. The predicted molar refractivity (Wildman–Crippen MR) is 108 cm³/mol. The maximum atomic E-state index is 12.9.